The number of hydrogen-bond acceptors (Lipinski definition) is 5. The predicted molar refractivity (Wildman–Crippen MR) is 62.7 cm³/mol. The van der Waals surface area contributed by atoms with Gasteiger partial charge in [0.15, 0.2) is 4.21 Å². The Morgan fingerprint density at radius 1 is 1.69 bits per heavy atom. The summed E-state index contributed by atoms with van der Waals surface area (Å²) in [6, 6.07) is -0.0659. The Morgan fingerprint density at radius 2 is 2.38 bits per heavy atom. The van der Waals surface area contributed by atoms with Crippen LogP contribution in [0, 0.1) is 12.8 Å². The van der Waals surface area contributed by atoms with Gasteiger partial charge in [0.05, 0.1) is 11.2 Å². The Kier molecular flexibility index (Phi) is 3.29. The fourth-order valence-corrected chi connectivity index (χ4v) is 3.66. The van der Waals surface area contributed by atoms with E-state index in [1.807, 2.05) is 0 Å². The van der Waals surface area contributed by atoms with Crippen LogP contribution in [0.25, 0.3) is 0 Å². The van der Waals surface area contributed by atoms with E-state index in [1.165, 1.54) is 17.5 Å². The third-order valence-corrected chi connectivity index (χ3v) is 5.40. The lowest BCUT2D eigenvalue weighted by Crippen LogP contribution is -2.38. The van der Waals surface area contributed by atoms with Gasteiger partial charge in [-0.3, -0.25) is 0 Å². The van der Waals surface area contributed by atoms with Gasteiger partial charge in [0.2, 0.25) is 0 Å². The molecule has 5 nitrogen and oxygen atoms in total. The van der Waals surface area contributed by atoms with Crippen LogP contribution in [-0.2, 0) is 10.0 Å². The second-order valence-electron chi connectivity index (χ2n) is 4.05. The topological polar surface area (TPSA) is 85.1 Å². The maximum atomic E-state index is 11.8. The van der Waals surface area contributed by atoms with E-state index in [4.69, 9.17) is 5.73 Å². The van der Waals surface area contributed by atoms with E-state index in [0.717, 1.165) is 17.8 Å². The monoisotopic (exact) mass is 261 g/mol. The molecule has 1 fully saturated rings. The van der Waals surface area contributed by atoms with Crippen molar-refractivity contribution in [2.75, 3.05) is 6.54 Å². The fraction of sp³-hybridized carbons (Fsp3) is 0.667. The van der Waals surface area contributed by atoms with Crippen LogP contribution < -0.4 is 10.5 Å². The molecule has 7 heteroatoms. The van der Waals surface area contributed by atoms with Gasteiger partial charge in [0.25, 0.3) is 10.0 Å². The van der Waals surface area contributed by atoms with Gasteiger partial charge in [-0.1, -0.05) is 0 Å². The molecule has 0 spiro atoms. The maximum Gasteiger partial charge on any atom is 0.251 e. The highest BCUT2D eigenvalue weighted by Gasteiger charge is 2.29. The zero-order valence-corrected chi connectivity index (χ0v) is 10.6. The first-order valence-corrected chi connectivity index (χ1v) is 7.46. The van der Waals surface area contributed by atoms with Crippen LogP contribution in [0.1, 0.15) is 17.8 Å². The van der Waals surface area contributed by atoms with Crippen molar-refractivity contribution < 1.29 is 8.42 Å². The van der Waals surface area contributed by atoms with Crippen LogP contribution in [0.3, 0.4) is 0 Å². The zero-order valence-electron chi connectivity index (χ0n) is 9.01. The second kappa shape index (κ2) is 4.40. The lowest BCUT2D eigenvalue weighted by atomic mass is 10.2. The van der Waals surface area contributed by atoms with Crippen molar-refractivity contribution in [3.63, 3.8) is 0 Å². The SMILES string of the molecule is Cc1ncc(S(=O)(=O)NCC(N)C2CC2)s1. The molecule has 0 aliphatic heterocycles. The number of nitrogens with zero attached hydrogens (tertiary/aromatic N) is 1. The summed E-state index contributed by atoms with van der Waals surface area (Å²) < 4.78 is 26.4. The summed E-state index contributed by atoms with van der Waals surface area (Å²) in [6.45, 7) is 2.09. The Hall–Kier alpha value is -0.500. The minimum absolute atomic E-state index is 0.0659. The minimum Gasteiger partial charge on any atom is -0.326 e. The Labute approximate surface area is 99.1 Å². The summed E-state index contributed by atoms with van der Waals surface area (Å²) in [7, 11) is -3.41. The molecule has 2 rings (SSSR count). The molecule has 1 aromatic heterocycles. The first kappa shape index (κ1) is 12.0. The highest BCUT2D eigenvalue weighted by Crippen LogP contribution is 2.31. The van der Waals surface area contributed by atoms with Gasteiger partial charge in [-0.25, -0.2) is 18.1 Å². The number of nitrogens with one attached hydrogen (secondary N) is 1. The summed E-state index contributed by atoms with van der Waals surface area (Å²) in [5.41, 5.74) is 5.83. The molecular weight excluding hydrogens is 246 g/mol. The standard InChI is InChI=1S/C9H15N3O2S2/c1-6-11-5-9(15-6)16(13,14)12-4-8(10)7-2-3-7/h5,7-8,12H,2-4,10H2,1H3. The predicted octanol–water partition coefficient (Wildman–Crippen LogP) is 0.467. The van der Waals surface area contributed by atoms with Crippen molar-refractivity contribution in [3.8, 4) is 0 Å². The molecule has 1 aliphatic carbocycles. The van der Waals surface area contributed by atoms with Crippen molar-refractivity contribution in [1.82, 2.24) is 9.71 Å². The zero-order chi connectivity index (χ0) is 11.8. The van der Waals surface area contributed by atoms with Crippen LogP contribution >= 0.6 is 11.3 Å². The van der Waals surface area contributed by atoms with E-state index in [0.29, 0.717) is 12.5 Å². The molecule has 0 aromatic carbocycles. The van der Waals surface area contributed by atoms with Gasteiger partial charge in [-0.05, 0) is 25.7 Å². The number of nitrogens with two attached hydrogens (primary N) is 1. The first-order chi connectivity index (χ1) is 7.49. The van der Waals surface area contributed by atoms with Crippen LogP contribution in [-0.4, -0.2) is 26.0 Å². The highest BCUT2D eigenvalue weighted by atomic mass is 32.2. The maximum absolute atomic E-state index is 11.8. The molecular formula is C9H15N3O2S2. The van der Waals surface area contributed by atoms with Gasteiger partial charge in [-0.15, -0.1) is 11.3 Å². The van der Waals surface area contributed by atoms with E-state index >= 15 is 0 Å². The number of hydrogen-bond donors (Lipinski definition) is 2. The molecule has 1 aliphatic rings. The van der Waals surface area contributed by atoms with Crippen molar-refractivity contribution in [2.45, 2.75) is 30.0 Å². The van der Waals surface area contributed by atoms with Gasteiger partial charge in [0, 0.05) is 12.6 Å². The summed E-state index contributed by atoms with van der Waals surface area (Å²) in [6.07, 6.45) is 3.61. The lowest BCUT2D eigenvalue weighted by Gasteiger charge is -2.10. The van der Waals surface area contributed by atoms with E-state index in [9.17, 15) is 8.42 Å². The molecule has 0 bridgehead atoms. The molecule has 90 valence electrons. The molecule has 0 radical (unpaired) electrons. The van der Waals surface area contributed by atoms with Gasteiger partial charge in [-0.2, -0.15) is 0 Å². The third-order valence-electron chi connectivity index (χ3n) is 2.60. The largest absolute Gasteiger partial charge is 0.326 e. The summed E-state index contributed by atoms with van der Waals surface area (Å²) in [4.78, 5) is 3.93. The molecule has 0 amide bonds. The quantitative estimate of drug-likeness (QED) is 0.806. The fourth-order valence-electron chi connectivity index (χ4n) is 1.43. The number of thiazole rings is 1. The highest BCUT2D eigenvalue weighted by molar-refractivity contribution is 7.91. The van der Waals surface area contributed by atoms with Crippen molar-refractivity contribution in [2.24, 2.45) is 11.7 Å². The van der Waals surface area contributed by atoms with Gasteiger partial charge in [0.1, 0.15) is 0 Å². The van der Waals surface area contributed by atoms with Gasteiger partial charge < -0.3 is 5.73 Å². The van der Waals surface area contributed by atoms with Crippen LogP contribution in [0.5, 0.6) is 0 Å². The Balaban J connectivity index is 1.97. The first-order valence-electron chi connectivity index (χ1n) is 5.17. The van der Waals surface area contributed by atoms with E-state index in [2.05, 4.69) is 9.71 Å². The van der Waals surface area contributed by atoms with E-state index in [1.54, 1.807) is 6.92 Å². The number of aromatic nitrogens is 1. The molecule has 1 heterocycles. The molecule has 0 saturated heterocycles. The van der Waals surface area contributed by atoms with Crippen molar-refractivity contribution in [1.29, 1.82) is 0 Å². The van der Waals surface area contributed by atoms with Crippen LogP contribution in [0.4, 0.5) is 0 Å². The third kappa shape index (κ3) is 2.79. The Morgan fingerprint density at radius 3 is 2.88 bits per heavy atom. The Bertz CT molecular complexity index is 465. The molecule has 1 atom stereocenters. The number of sulfonamides is 1. The lowest BCUT2D eigenvalue weighted by molar-refractivity contribution is 0.549. The summed E-state index contributed by atoms with van der Waals surface area (Å²) in [5.74, 6) is 0.492. The number of aryl methyl sites for hydroxylation is 1. The molecule has 1 unspecified atom stereocenters. The smallest absolute Gasteiger partial charge is 0.251 e. The normalized spacial score (nSPS) is 18.6. The molecule has 1 aromatic rings. The van der Waals surface area contributed by atoms with E-state index in [-0.39, 0.29) is 10.3 Å². The minimum atomic E-state index is -3.41. The van der Waals surface area contributed by atoms with Crippen LogP contribution in [0.2, 0.25) is 0 Å². The number of rotatable bonds is 5. The molecule has 1 saturated carbocycles. The van der Waals surface area contributed by atoms with Crippen molar-refractivity contribution >= 4 is 21.4 Å². The molecule has 16 heavy (non-hydrogen) atoms. The summed E-state index contributed by atoms with van der Waals surface area (Å²) in [5, 5.41) is 0.742. The van der Waals surface area contributed by atoms with Crippen LogP contribution in [0.15, 0.2) is 10.4 Å². The summed E-state index contributed by atoms with van der Waals surface area (Å²) >= 11 is 1.17. The van der Waals surface area contributed by atoms with Crippen molar-refractivity contribution in [3.05, 3.63) is 11.2 Å². The van der Waals surface area contributed by atoms with E-state index < -0.39 is 10.0 Å². The second-order valence-corrected chi connectivity index (χ2v) is 7.28. The molecule has 3 N–H and O–H groups in total. The van der Waals surface area contributed by atoms with Gasteiger partial charge >= 0.3 is 0 Å². The average Bonchev–Trinajstić information content (AvgIpc) is 2.98. The average molecular weight is 261 g/mol.